The van der Waals surface area contributed by atoms with E-state index in [-0.39, 0.29) is 5.57 Å². The van der Waals surface area contributed by atoms with E-state index in [9.17, 15) is 4.79 Å². The maximum atomic E-state index is 10.6. The first-order valence-electron chi connectivity index (χ1n) is 3.56. The molecule has 0 aromatic carbocycles. The molecule has 1 heterocycles. The molecule has 4 heteroatoms. The summed E-state index contributed by atoms with van der Waals surface area (Å²) in [6.07, 6.45) is 2.92. The number of aromatic nitrogens is 1. The molecule has 0 aliphatic carbocycles. The Kier molecular flexibility index (Phi) is 2.77. The third-order valence-electron chi connectivity index (χ3n) is 1.37. The number of nitrogens with two attached hydrogens (primary N) is 1. The van der Waals surface area contributed by atoms with Crippen molar-refractivity contribution < 1.29 is 4.79 Å². The van der Waals surface area contributed by atoms with Crippen molar-refractivity contribution in [3.63, 3.8) is 0 Å². The maximum Gasteiger partial charge on any atom is 0.259 e. The number of amides is 1. The summed E-state index contributed by atoms with van der Waals surface area (Å²) >= 11 is 0. The highest BCUT2D eigenvalue weighted by molar-refractivity contribution is 6.00. The lowest BCUT2D eigenvalue weighted by Gasteiger charge is -1.91. The lowest BCUT2D eigenvalue weighted by Crippen LogP contribution is -2.12. The smallest absolute Gasteiger partial charge is 0.259 e. The molecule has 0 saturated heterocycles. The molecule has 0 spiro atoms. The monoisotopic (exact) mass is 173 g/mol. The molecule has 0 fully saturated rings. The molecule has 0 radical (unpaired) electrons. The molecule has 1 aromatic heterocycles. The van der Waals surface area contributed by atoms with Crippen LogP contribution in [0.2, 0.25) is 0 Å². The van der Waals surface area contributed by atoms with Gasteiger partial charge >= 0.3 is 0 Å². The Labute approximate surface area is 75.3 Å². The van der Waals surface area contributed by atoms with E-state index in [4.69, 9.17) is 11.0 Å². The Hall–Kier alpha value is -2.15. The Morgan fingerprint density at radius 2 is 2.38 bits per heavy atom. The standard InChI is InChI=1S/C9H7N3O/c10-6-7(9(11)13)5-8-3-1-2-4-12-8/h1-5H,(H2,11,13). The van der Waals surface area contributed by atoms with Crippen molar-refractivity contribution in [1.29, 1.82) is 5.26 Å². The van der Waals surface area contributed by atoms with Gasteiger partial charge in [-0.05, 0) is 18.2 Å². The van der Waals surface area contributed by atoms with Gasteiger partial charge in [-0.15, -0.1) is 0 Å². The highest BCUT2D eigenvalue weighted by Crippen LogP contribution is 2.01. The molecule has 1 rings (SSSR count). The van der Waals surface area contributed by atoms with E-state index >= 15 is 0 Å². The SMILES string of the molecule is N#CC(=Cc1ccccn1)C(N)=O. The number of hydrogen-bond donors (Lipinski definition) is 1. The number of nitriles is 1. The van der Waals surface area contributed by atoms with Gasteiger partial charge in [0, 0.05) is 6.20 Å². The van der Waals surface area contributed by atoms with Crippen LogP contribution < -0.4 is 5.73 Å². The van der Waals surface area contributed by atoms with Gasteiger partial charge < -0.3 is 5.73 Å². The quantitative estimate of drug-likeness (QED) is 0.521. The molecule has 13 heavy (non-hydrogen) atoms. The minimum absolute atomic E-state index is 0.0984. The number of carbonyl (C=O) groups excluding carboxylic acids is 1. The molecule has 0 aliphatic heterocycles. The van der Waals surface area contributed by atoms with Crippen LogP contribution in [0, 0.1) is 11.3 Å². The van der Waals surface area contributed by atoms with Crippen molar-refractivity contribution in [2.75, 3.05) is 0 Å². The van der Waals surface area contributed by atoms with Gasteiger partial charge in [-0.25, -0.2) is 0 Å². The van der Waals surface area contributed by atoms with Gasteiger partial charge in [0.2, 0.25) is 0 Å². The predicted molar refractivity (Wildman–Crippen MR) is 47.0 cm³/mol. The lowest BCUT2D eigenvalue weighted by molar-refractivity contribution is -0.114. The van der Waals surface area contributed by atoms with Gasteiger partial charge in [-0.3, -0.25) is 9.78 Å². The van der Waals surface area contributed by atoms with Crippen molar-refractivity contribution in [1.82, 2.24) is 4.98 Å². The molecule has 0 unspecified atom stereocenters. The number of primary amides is 1. The third-order valence-corrected chi connectivity index (χ3v) is 1.37. The second-order valence-corrected chi connectivity index (χ2v) is 2.29. The average molecular weight is 173 g/mol. The van der Waals surface area contributed by atoms with Gasteiger partial charge in [-0.2, -0.15) is 5.26 Å². The highest BCUT2D eigenvalue weighted by Gasteiger charge is 2.02. The third kappa shape index (κ3) is 2.42. The van der Waals surface area contributed by atoms with Crippen molar-refractivity contribution in [2.45, 2.75) is 0 Å². The lowest BCUT2D eigenvalue weighted by atomic mass is 10.2. The first-order valence-corrected chi connectivity index (χ1v) is 3.56. The van der Waals surface area contributed by atoms with E-state index in [2.05, 4.69) is 4.98 Å². The van der Waals surface area contributed by atoms with Gasteiger partial charge in [0.1, 0.15) is 11.6 Å². The number of pyridine rings is 1. The molecule has 2 N–H and O–H groups in total. The average Bonchev–Trinajstić information content (AvgIpc) is 2.15. The molecule has 64 valence electrons. The minimum Gasteiger partial charge on any atom is -0.365 e. The first kappa shape index (κ1) is 8.94. The fourth-order valence-electron chi connectivity index (χ4n) is 0.768. The van der Waals surface area contributed by atoms with E-state index in [0.29, 0.717) is 5.69 Å². The van der Waals surface area contributed by atoms with Gasteiger partial charge in [0.15, 0.2) is 0 Å². The minimum atomic E-state index is -0.742. The van der Waals surface area contributed by atoms with Gasteiger partial charge in [0.05, 0.1) is 5.69 Å². The van der Waals surface area contributed by atoms with E-state index in [1.165, 1.54) is 6.08 Å². The van der Waals surface area contributed by atoms with E-state index < -0.39 is 5.91 Å². The van der Waals surface area contributed by atoms with Crippen LogP contribution in [0.25, 0.3) is 6.08 Å². The first-order chi connectivity index (χ1) is 6.24. The zero-order valence-electron chi connectivity index (χ0n) is 6.77. The Morgan fingerprint density at radius 3 is 2.85 bits per heavy atom. The van der Waals surface area contributed by atoms with Crippen LogP contribution in [0.1, 0.15) is 5.69 Å². The zero-order chi connectivity index (χ0) is 9.68. The molecule has 1 amide bonds. The Morgan fingerprint density at radius 1 is 1.62 bits per heavy atom. The molecule has 0 bridgehead atoms. The van der Waals surface area contributed by atoms with Crippen molar-refractivity contribution >= 4 is 12.0 Å². The van der Waals surface area contributed by atoms with Crippen molar-refractivity contribution in [3.05, 3.63) is 35.7 Å². The second kappa shape index (κ2) is 4.02. The van der Waals surface area contributed by atoms with Crippen LogP contribution in [0.15, 0.2) is 30.0 Å². The van der Waals surface area contributed by atoms with Crippen LogP contribution in [0.3, 0.4) is 0 Å². The Balaban J connectivity index is 3.01. The molecule has 0 saturated carbocycles. The molecule has 1 aromatic rings. The van der Waals surface area contributed by atoms with Crippen LogP contribution in [0.4, 0.5) is 0 Å². The van der Waals surface area contributed by atoms with Crippen LogP contribution >= 0.6 is 0 Å². The van der Waals surface area contributed by atoms with Crippen molar-refractivity contribution in [2.24, 2.45) is 5.73 Å². The maximum absolute atomic E-state index is 10.6. The number of rotatable bonds is 2. The normalized spacial score (nSPS) is 10.5. The van der Waals surface area contributed by atoms with Crippen LogP contribution in [-0.4, -0.2) is 10.9 Å². The summed E-state index contributed by atoms with van der Waals surface area (Å²) in [5.74, 6) is -0.742. The van der Waals surface area contributed by atoms with Gasteiger partial charge in [-0.1, -0.05) is 6.07 Å². The van der Waals surface area contributed by atoms with E-state index in [0.717, 1.165) is 0 Å². The summed E-state index contributed by atoms with van der Waals surface area (Å²) in [7, 11) is 0. The largest absolute Gasteiger partial charge is 0.365 e. The number of nitrogens with zero attached hydrogens (tertiary/aromatic N) is 2. The Bertz CT molecular complexity index is 376. The number of hydrogen-bond acceptors (Lipinski definition) is 3. The topological polar surface area (TPSA) is 79.8 Å². The summed E-state index contributed by atoms with van der Waals surface area (Å²) in [6, 6.07) is 6.88. The summed E-state index contributed by atoms with van der Waals surface area (Å²) < 4.78 is 0. The predicted octanol–water partition coefficient (Wildman–Crippen LogP) is 0.474. The highest BCUT2D eigenvalue weighted by atomic mass is 16.1. The summed E-state index contributed by atoms with van der Waals surface area (Å²) in [5.41, 5.74) is 5.38. The molecule has 4 nitrogen and oxygen atoms in total. The molecule has 0 aliphatic rings. The van der Waals surface area contributed by atoms with E-state index in [1.54, 1.807) is 30.5 Å². The fourth-order valence-corrected chi connectivity index (χ4v) is 0.768. The van der Waals surface area contributed by atoms with Crippen LogP contribution in [-0.2, 0) is 4.79 Å². The second-order valence-electron chi connectivity index (χ2n) is 2.29. The molecular weight excluding hydrogens is 166 g/mol. The van der Waals surface area contributed by atoms with E-state index in [1.807, 2.05) is 0 Å². The number of carbonyl (C=O) groups is 1. The fraction of sp³-hybridized carbons (Fsp3) is 0. The van der Waals surface area contributed by atoms with Crippen molar-refractivity contribution in [3.8, 4) is 6.07 Å². The summed E-state index contributed by atoms with van der Waals surface area (Å²) in [5, 5.41) is 8.51. The molecule has 0 atom stereocenters. The summed E-state index contributed by atoms with van der Waals surface area (Å²) in [6.45, 7) is 0. The van der Waals surface area contributed by atoms with Gasteiger partial charge in [0.25, 0.3) is 5.91 Å². The zero-order valence-corrected chi connectivity index (χ0v) is 6.77. The van der Waals surface area contributed by atoms with Crippen LogP contribution in [0.5, 0.6) is 0 Å². The summed E-state index contributed by atoms with van der Waals surface area (Å²) in [4.78, 5) is 14.6. The molecular formula is C9H7N3O.